The lowest BCUT2D eigenvalue weighted by molar-refractivity contribution is -0.119. The van der Waals surface area contributed by atoms with E-state index in [1.54, 1.807) is 19.2 Å². The molecule has 6 heteroatoms. The van der Waals surface area contributed by atoms with Crippen LogP contribution < -0.4 is 15.4 Å². The van der Waals surface area contributed by atoms with Gasteiger partial charge in [0.15, 0.2) is 0 Å². The van der Waals surface area contributed by atoms with Gasteiger partial charge in [0.05, 0.1) is 0 Å². The Morgan fingerprint density at radius 2 is 1.88 bits per heavy atom. The molecular formula is C19H22F2N2O2. The standard InChI is InChI=1S/C19H22F2N2O2/c1-13(12-22-2)18(24)23-16-8-9-17(25-19(20)21)15(11-16)10-14-6-4-3-5-7-14/h3-9,11,13,19,22H,10,12H2,1-2H3,(H,23,24). The summed E-state index contributed by atoms with van der Waals surface area (Å²) in [5, 5.41) is 5.76. The summed E-state index contributed by atoms with van der Waals surface area (Å²) in [5.41, 5.74) is 2.11. The maximum absolute atomic E-state index is 12.6. The first kappa shape index (κ1) is 18.9. The van der Waals surface area contributed by atoms with E-state index in [4.69, 9.17) is 0 Å². The Labute approximate surface area is 146 Å². The molecule has 0 saturated carbocycles. The lowest BCUT2D eigenvalue weighted by Gasteiger charge is -2.15. The lowest BCUT2D eigenvalue weighted by Crippen LogP contribution is -2.28. The van der Waals surface area contributed by atoms with Crippen molar-refractivity contribution in [2.75, 3.05) is 18.9 Å². The number of carbonyl (C=O) groups excluding carboxylic acids is 1. The van der Waals surface area contributed by atoms with Crippen LogP contribution in [0.25, 0.3) is 0 Å². The Balaban J connectivity index is 2.22. The first-order valence-electron chi connectivity index (χ1n) is 8.06. The normalized spacial score (nSPS) is 12.0. The third-order valence-electron chi connectivity index (χ3n) is 3.74. The largest absolute Gasteiger partial charge is 0.435 e. The zero-order chi connectivity index (χ0) is 18.2. The van der Waals surface area contributed by atoms with Crippen molar-refractivity contribution in [3.8, 4) is 5.75 Å². The molecule has 1 atom stereocenters. The molecule has 2 aromatic carbocycles. The average Bonchev–Trinajstić information content (AvgIpc) is 2.58. The van der Waals surface area contributed by atoms with Gasteiger partial charge >= 0.3 is 6.61 Å². The van der Waals surface area contributed by atoms with Gasteiger partial charge < -0.3 is 15.4 Å². The monoisotopic (exact) mass is 348 g/mol. The number of halogens is 2. The van der Waals surface area contributed by atoms with E-state index in [2.05, 4.69) is 15.4 Å². The summed E-state index contributed by atoms with van der Waals surface area (Å²) in [6.07, 6.45) is 0.429. The summed E-state index contributed by atoms with van der Waals surface area (Å²) in [4.78, 5) is 12.1. The van der Waals surface area contributed by atoms with E-state index in [-0.39, 0.29) is 17.6 Å². The fourth-order valence-electron chi connectivity index (χ4n) is 2.49. The van der Waals surface area contributed by atoms with Crippen LogP contribution in [0, 0.1) is 5.92 Å². The van der Waals surface area contributed by atoms with Gasteiger partial charge in [-0.1, -0.05) is 37.3 Å². The average molecular weight is 348 g/mol. The summed E-state index contributed by atoms with van der Waals surface area (Å²) >= 11 is 0. The van der Waals surface area contributed by atoms with Gasteiger partial charge in [0.1, 0.15) is 5.75 Å². The Morgan fingerprint density at radius 1 is 1.16 bits per heavy atom. The zero-order valence-electron chi connectivity index (χ0n) is 14.3. The van der Waals surface area contributed by atoms with Crippen LogP contribution in [0.1, 0.15) is 18.1 Å². The number of amides is 1. The number of hydrogen-bond acceptors (Lipinski definition) is 3. The van der Waals surface area contributed by atoms with Crippen molar-refractivity contribution in [1.82, 2.24) is 5.32 Å². The Kier molecular flexibility index (Phi) is 6.89. The van der Waals surface area contributed by atoms with Gasteiger partial charge in [0.2, 0.25) is 5.91 Å². The topological polar surface area (TPSA) is 50.4 Å². The number of hydrogen-bond donors (Lipinski definition) is 2. The molecule has 134 valence electrons. The first-order chi connectivity index (χ1) is 12.0. The molecule has 0 bridgehead atoms. The molecule has 1 amide bonds. The molecule has 0 aliphatic carbocycles. The Hall–Kier alpha value is -2.47. The molecule has 0 spiro atoms. The highest BCUT2D eigenvalue weighted by Gasteiger charge is 2.15. The predicted molar refractivity (Wildman–Crippen MR) is 94.0 cm³/mol. The molecule has 1 unspecified atom stereocenters. The molecule has 0 heterocycles. The second kappa shape index (κ2) is 9.13. The van der Waals surface area contributed by atoms with Crippen molar-refractivity contribution in [2.45, 2.75) is 20.0 Å². The van der Waals surface area contributed by atoms with Gasteiger partial charge in [-0.3, -0.25) is 4.79 Å². The summed E-state index contributed by atoms with van der Waals surface area (Å²) in [5.74, 6) is -0.234. The van der Waals surface area contributed by atoms with Crippen LogP contribution in [0.4, 0.5) is 14.5 Å². The smallest absolute Gasteiger partial charge is 0.387 e. The fourth-order valence-corrected chi connectivity index (χ4v) is 2.49. The quantitative estimate of drug-likeness (QED) is 0.765. The SMILES string of the molecule is CNCC(C)C(=O)Nc1ccc(OC(F)F)c(Cc2ccccc2)c1. The molecule has 0 aliphatic rings. The van der Waals surface area contributed by atoms with Crippen molar-refractivity contribution in [2.24, 2.45) is 5.92 Å². The predicted octanol–water partition coefficient (Wildman–Crippen LogP) is 3.67. The van der Waals surface area contributed by atoms with Crippen LogP contribution in [-0.4, -0.2) is 26.1 Å². The van der Waals surface area contributed by atoms with E-state index >= 15 is 0 Å². The van der Waals surface area contributed by atoms with E-state index in [0.29, 0.717) is 24.2 Å². The maximum Gasteiger partial charge on any atom is 0.387 e. The number of carbonyl (C=O) groups is 1. The van der Waals surface area contributed by atoms with Crippen LogP contribution in [0.5, 0.6) is 5.75 Å². The van der Waals surface area contributed by atoms with E-state index in [0.717, 1.165) is 5.56 Å². The van der Waals surface area contributed by atoms with E-state index < -0.39 is 6.61 Å². The highest BCUT2D eigenvalue weighted by atomic mass is 19.3. The van der Waals surface area contributed by atoms with Gasteiger partial charge in [-0.25, -0.2) is 0 Å². The number of anilines is 1. The van der Waals surface area contributed by atoms with Gasteiger partial charge in [-0.15, -0.1) is 0 Å². The molecule has 0 aliphatic heterocycles. The molecule has 2 N–H and O–H groups in total. The molecule has 0 aromatic heterocycles. The van der Waals surface area contributed by atoms with Crippen molar-refractivity contribution in [3.63, 3.8) is 0 Å². The molecule has 25 heavy (non-hydrogen) atoms. The zero-order valence-corrected chi connectivity index (χ0v) is 14.3. The maximum atomic E-state index is 12.6. The van der Waals surface area contributed by atoms with Crippen LogP contribution >= 0.6 is 0 Å². The van der Waals surface area contributed by atoms with Crippen molar-refractivity contribution < 1.29 is 18.3 Å². The second-order valence-corrected chi connectivity index (χ2v) is 5.81. The minimum Gasteiger partial charge on any atom is -0.435 e. The van der Waals surface area contributed by atoms with Crippen LogP contribution in [0.3, 0.4) is 0 Å². The molecular weight excluding hydrogens is 326 g/mol. The summed E-state index contributed by atoms with van der Waals surface area (Å²) in [6.45, 7) is -0.536. The molecule has 0 fully saturated rings. The second-order valence-electron chi connectivity index (χ2n) is 5.81. The minimum absolute atomic E-state index is 0.111. The third-order valence-corrected chi connectivity index (χ3v) is 3.74. The van der Waals surface area contributed by atoms with Gasteiger partial charge in [-0.2, -0.15) is 8.78 Å². The summed E-state index contributed by atoms with van der Waals surface area (Å²) in [7, 11) is 1.78. The summed E-state index contributed by atoms with van der Waals surface area (Å²) < 4.78 is 29.9. The Morgan fingerprint density at radius 3 is 2.52 bits per heavy atom. The molecule has 0 radical (unpaired) electrons. The van der Waals surface area contributed by atoms with Crippen LogP contribution in [0.2, 0.25) is 0 Å². The molecule has 4 nitrogen and oxygen atoms in total. The first-order valence-corrected chi connectivity index (χ1v) is 8.06. The fraction of sp³-hybridized carbons (Fsp3) is 0.316. The highest BCUT2D eigenvalue weighted by Crippen LogP contribution is 2.27. The van der Waals surface area contributed by atoms with Crippen LogP contribution in [-0.2, 0) is 11.2 Å². The van der Waals surface area contributed by atoms with E-state index in [9.17, 15) is 13.6 Å². The molecule has 0 saturated heterocycles. The number of ether oxygens (including phenoxy) is 1. The van der Waals surface area contributed by atoms with Crippen LogP contribution in [0.15, 0.2) is 48.5 Å². The van der Waals surface area contributed by atoms with Crippen molar-refractivity contribution in [1.29, 1.82) is 0 Å². The third kappa shape index (κ3) is 5.83. The van der Waals surface area contributed by atoms with Crippen molar-refractivity contribution in [3.05, 3.63) is 59.7 Å². The van der Waals surface area contributed by atoms with E-state index in [1.165, 1.54) is 6.07 Å². The number of rotatable bonds is 8. The lowest BCUT2D eigenvalue weighted by atomic mass is 10.0. The number of alkyl halides is 2. The number of benzene rings is 2. The van der Waals surface area contributed by atoms with Gasteiger partial charge in [-0.05, 0) is 30.8 Å². The van der Waals surface area contributed by atoms with Crippen molar-refractivity contribution >= 4 is 11.6 Å². The number of nitrogens with one attached hydrogen (secondary N) is 2. The van der Waals surface area contributed by atoms with Gasteiger partial charge in [0.25, 0.3) is 0 Å². The van der Waals surface area contributed by atoms with E-state index in [1.807, 2.05) is 37.3 Å². The van der Waals surface area contributed by atoms with Gasteiger partial charge in [0, 0.05) is 30.1 Å². The molecule has 2 rings (SSSR count). The summed E-state index contributed by atoms with van der Waals surface area (Å²) in [6, 6.07) is 14.2. The highest BCUT2D eigenvalue weighted by molar-refractivity contribution is 5.92. The Bertz CT molecular complexity index is 693. The molecule has 2 aromatic rings. The minimum atomic E-state index is -2.90.